The highest BCUT2D eigenvalue weighted by molar-refractivity contribution is 7.99. The van der Waals surface area contributed by atoms with Gasteiger partial charge in [-0.3, -0.25) is 0 Å². The molecule has 1 atom stereocenters. The van der Waals surface area contributed by atoms with Crippen molar-refractivity contribution in [2.24, 2.45) is 5.73 Å². The number of rotatable bonds is 5. The van der Waals surface area contributed by atoms with Crippen LogP contribution in [-0.2, 0) is 6.42 Å². The number of nitrogens with zero attached hydrogens (tertiary/aromatic N) is 2. The summed E-state index contributed by atoms with van der Waals surface area (Å²) in [6.07, 6.45) is 5.20. The molecule has 0 aliphatic heterocycles. The summed E-state index contributed by atoms with van der Waals surface area (Å²) in [5, 5.41) is 1.54. The molecule has 0 fully saturated rings. The summed E-state index contributed by atoms with van der Waals surface area (Å²) in [4.78, 5) is 8.65. The van der Waals surface area contributed by atoms with Gasteiger partial charge in [0.25, 0.3) is 5.22 Å². The highest BCUT2D eigenvalue weighted by atomic mass is 32.2. The fourth-order valence-corrected chi connectivity index (χ4v) is 2.41. The largest absolute Gasteiger partial charge is 0.439 e. The maximum absolute atomic E-state index is 6.00. The topological polar surface area (TPSA) is 64.9 Å². The van der Waals surface area contributed by atoms with Gasteiger partial charge in [0.1, 0.15) is 11.3 Å². The molecule has 4 nitrogen and oxygen atoms in total. The van der Waals surface area contributed by atoms with Crippen LogP contribution >= 0.6 is 11.8 Å². The Hall–Kier alpha value is -1.33. The Morgan fingerprint density at radius 2 is 2.33 bits per heavy atom. The maximum atomic E-state index is 6.00. The second-order valence-electron chi connectivity index (χ2n) is 4.20. The second-order valence-corrected chi connectivity index (χ2v) is 5.14. The number of pyridine rings is 1. The minimum Gasteiger partial charge on any atom is -0.439 e. The van der Waals surface area contributed by atoms with Gasteiger partial charge in [0, 0.05) is 12.2 Å². The summed E-state index contributed by atoms with van der Waals surface area (Å²) in [6.45, 7) is 3.99. The summed E-state index contributed by atoms with van der Waals surface area (Å²) in [5.41, 5.74) is 8.02. The first kappa shape index (κ1) is 13.1. The molecular weight excluding hydrogens is 246 g/mol. The van der Waals surface area contributed by atoms with Gasteiger partial charge in [0.2, 0.25) is 0 Å². The summed E-state index contributed by atoms with van der Waals surface area (Å²) in [6, 6.07) is 4.16. The van der Waals surface area contributed by atoms with Crippen LogP contribution in [0.5, 0.6) is 0 Å². The van der Waals surface area contributed by atoms with Gasteiger partial charge >= 0.3 is 0 Å². The van der Waals surface area contributed by atoms with E-state index in [1.54, 1.807) is 12.5 Å². The summed E-state index contributed by atoms with van der Waals surface area (Å²) in [7, 11) is 0. The van der Waals surface area contributed by atoms with E-state index in [1.165, 1.54) is 11.8 Å². The van der Waals surface area contributed by atoms with Gasteiger partial charge in [-0.05, 0) is 43.2 Å². The zero-order valence-corrected chi connectivity index (χ0v) is 11.4. The lowest BCUT2D eigenvalue weighted by Gasteiger charge is -2.10. The molecule has 0 spiro atoms. The van der Waals surface area contributed by atoms with E-state index in [9.17, 15) is 0 Å². The fourth-order valence-electron chi connectivity index (χ4n) is 1.56. The van der Waals surface area contributed by atoms with Gasteiger partial charge in [0.15, 0.2) is 0 Å². The predicted molar refractivity (Wildman–Crippen MR) is 71.6 cm³/mol. The van der Waals surface area contributed by atoms with Crippen LogP contribution < -0.4 is 5.73 Å². The zero-order valence-electron chi connectivity index (χ0n) is 10.6. The molecule has 18 heavy (non-hydrogen) atoms. The molecule has 2 aromatic heterocycles. The first-order valence-electron chi connectivity index (χ1n) is 5.98. The van der Waals surface area contributed by atoms with Crippen molar-refractivity contribution in [3.8, 4) is 0 Å². The van der Waals surface area contributed by atoms with Crippen molar-refractivity contribution in [3.63, 3.8) is 0 Å². The SMILES string of the molecule is CCC(N)Cc1cccnc1Sc1nc(C)co1. The van der Waals surface area contributed by atoms with Gasteiger partial charge in [-0.25, -0.2) is 9.97 Å². The van der Waals surface area contributed by atoms with Crippen molar-refractivity contribution in [2.45, 2.75) is 43.0 Å². The van der Waals surface area contributed by atoms with Crippen molar-refractivity contribution < 1.29 is 4.42 Å². The minimum atomic E-state index is 0.167. The lowest BCUT2D eigenvalue weighted by Crippen LogP contribution is -2.21. The van der Waals surface area contributed by atoms with Crippen molar-refractivity contribution in [1.29, 1.82) is 0 Å². The number of nitrogens with two attached hydrogens (primary N) is 1. The van der Waals surface area contributed by atoms with E-state index in [1.807, 2.05) is 13.0 Å². The Kier molecular flexibility index (Phi) is 4.38. The Morgan fingerprint density at radius 1 is 1.50 bits per heavy atom. The monoisotopic (exact) mass is 263 g/mol. The van der Waals surface area contributed by atoms with Gasteiger partial charge < -0.3 is 10.2 Å². The van der Waals surface area contributed by atoms with Crippen molar-refractivity contribution in [3.05, 3.63) is 35.9 Å². The first-order chi connectivity index (χ1) is 8.69. The highest BCUT2D eigenvalue weighted by Gasteiger charge is 2.11. The summed E-state index contributed by atoms with van der Waals surface area (Å²) < 4.78 is 5.34. The van der Waals surface area contributed by atoms with Crippen LogP contribution in [-0.4, -0.2) is 16.0 Å². The van der Waals surface area contributed by atoms with Crippen LogP contribution in [0.4, 0.5) is 0 Å². The number of aromatic nitrogens is 2. The molecule has 2 aromatic rings. The van der Waals surface area contributed by atoms with Crippen LogP contribution in [0.3, 0.4) is 0 Å². The molecule has 2 N–H and O–H groups in total. The molecule has 2 rings (SSSR count). The van der Waals surface area contributed by atoms with E-state index in [4.69, 9.17) is 10.2 Å². The van der Waals surface area contributed by atoms with Gasteiger partial charge in [0.05, 0.1) is 5.69 Å². The predicted octanol–water partition coefficient (Wildman–Crippen LogP) is 2.81. The Balaban J connectivity index is 2.16. The maximum Gasteiger partial charge on any atom is 0.262 e. The Bertz CT molecular complexity index is 512. The fraction of sp³-hybridized carbons (Fsp3) is 0.385. The van der Waals surface area contributed by atoms with Crippen molar-refractivity contribution in [1.82, 2.24) is 9.97 Å². The quantitative estimate of drug-likeness (QED) is 0.898. The van der Waals surface area contributed by atoms with Crippen molar-refractivity contribution in [2.75, 3.05) is 0 Å². The van der Waals surface area contributed by atoms with Crippen molar-refractivity contribution >= 4 is 11.8 Å². The third-order valence-electron chi connectivity index (χ3n) is 2.64. The molecule has 0 aliphatic rings. The van der Waals surface area contributed by atoms with Gasteiger partial charge in [-0.2, -0.15) is 0 Å². The van der Waals surface area contributed by atoms with Crippen LogP contribution in [0.1, 0.15) is 24.6 Å². The average Bonchev–Trinajstić information content (AvgIpc) is 2.77. The molecule has 1 unspecified atom stereocenters. The van der Waals surface area contributed by atoms with E-state index in [-0.39, 0.29) is 6.04 Å². The summed E-state index contributed by atoms with van der Waals surface area (Å²) >= 11 is 1.44. The number of hydrogen-bond acceptors (Lipinski definition) is 5. The smallest absolute Gasteiger partial charge is 0.262 e. The Labute approximate surface area is 111 Å². The van der Waals surface area contributed by atoms with Gasteiger partial charge in [-0.15, -0.1) is 0 Å². The molecule has 5 heteroatoms. The van der Waals surface area contributed by atoms with Crippen LogP contribution in [0.2, 0.25) is 0 Å². The number of hydrogen-bond donors (Lipinski definition) is 1. The molecule has 0 aliphatic carbocycles. The van der Waals surface area contributed by atoms with E-state index in [0.29, 0.717) is 5.22 Å². The zero-order chi connectivity index (χ0) is 13.0. The molecule has 0 bridgehead atoms. The normalized spacial score (nSPS) is 12.6. The van der Waals surface area contributed by atoms with Crippen LogP contribution in [0.25, 0.3) is 0 Å². The standard InChI is InChI=1S/C13H17N3OS/c1-3-11(14)7-10-5-4-6-15-12(10)18-13-16-9(2)8-17-13/h4-6,8,11H,3,7,14H2,1-2H3. The molecule has 2 heterocycles. The molecule has 0 saturated carbocycles. The minimum absolute atomic E-state index is 0.167. The highest BCUT2D eigenvalue weighted by Crippen LogP contribution is 2.28. The molecule has 0 amide bonds. The average molecular weight is 263 g/mol. The van der Waals surface area contributed by atoms with E-state index >= 15 is 0 Å². The van der Waals surface area contributed by atoms with E-state index in [2.05, 4.69) is 23.0 Å². The van der Waals surface area contributed by atoms with Crippen LogP contribution in [0, 0.1) is 6.92 Å². The lowest BCUT2D eigenvalue weighted by atomic mass is 10.1. The molecule has 0 saturated heterocycles. The third-order valence-corrected chi connectivity index (χ3v) is 3.56. The number of oxazole rings is 1. The summed E-state index contributed by atoms with van der Waals surface area (Å²) in [5.74, 6) is 0. The van der Waals surface area contributed by atoms with Crippen LogP contribution in [0.15, 0.2) is 39.3 Å². The molecule has 96 valence electrons. The van der Waals surface area contributed by atoms with E-state index < -0.39 is 0 Å². The molecular formula is C13H17N3OS. The number of aryl methyl sites for hydroxylation is 1. The van der Waals surface area contributed by atoms with E-state index in [0.717, 1.165) is 29.1 Å². The molecule has 0 radical (unpaired) electrons. The molecule has 0 aromatic carbocycles. The first-order valence-corrected chi connectivity index (χ1v) is 6.80. The third kappa shape index (κ3) is 3.34. The van der Waals surface area contributed by atoms with Gasteiger partial charge in [-0.1, -0.05) is 13.0 Å². The lowest BCUT2D eigenvalue weighted by molar-refractivity contribution is 0.453. The Morgan fingerprint density at radius 3 is 3.00 bits per heavy atom. The second kappa shape index (κ2) is 6.02.